The summed E-state index contributed by atoms with van der Waals surface area (Å²) in [5.74, 6) is 4.94. The summed E-state index contributed by atoms with van der Waals surface area (Å²) < 4.78 is 6.63. The Morgan fingerprint density at radius 2 is 0.831 bits per heavy atom. The fourth-order valence-corrected chi connectivity index (χ4v) is 13.2. The molecule has 15 rings (SSSR count). The molecular formula is C61H45N3O. The van der Waals surface area contributed by atoms with Crippen molar-refractivity contribution in [3.63, 3.8) is 0 Å². The van der Waals surface area contributed by atoms with Gasteiger partial charge in [-0.1, -0.05) is 164 Å². The molecule has 4 nitrogen and oxygen atoms in total. The van der Waals surface area contributed by atoms with Gasteiger partial charge in [-0.2, -0.15) is 0 Å². The first-order chi connectivity index (χ1) is 32.1. The molecule has 5 aliphatic rings. The molecule has 0 unspecified atom stereocenters. The van der Waals surface area contributed by atoms with Gasteiger partial charge in [-0.3, -0.25) is 0 Å². The zero-order valence-electron chi connectivity index (χ0n) is 36.0. The number of rotatable bonds is 6. The van der Waals surface area contributed by atoms with Crippen LogP contribution in [0.25, 0.3) is 101 Å². The highest BCUT2D eigenvalue weighted by atomic mass is 16.3. The van der Waals surface area contributed by atoms with E-state index in [1.165, 1.54) is 81.8 Å². The van der Waals surface area contributed by atoms with Crippen molar-refractivity contribution >= 4 is 21.9 Å². The van der Waals surface area contributed by atoms with Gasteiger partial charge >= 0.3 is 0 Å². The third-order valence-corrected chi connectivity index (χ3v) is 15.7. The number of para-hydroxylation sites is 2. The van der Waals surface area contributed by atoms with Crippen molar-refractivity contribution in [3.8, 4) is 78.7 Å². The van der Waals surface area contributed by atoms with Crippen LogP contribution in [-0.2, 0) is 5.41 Å². The van der Waals surface area contributed by atoms with Gasteiger partial charge in [-0.25, -0.2) is 15.0 Å². The summed E-state index contributed by atoms with van der Waals surface area (Å²) in [5.41, 5.74) is 17.7. The molecule has 4 heteroatoms. The van der Waals surface area contributed by atoms with Gasteiger partial charge in [0.25, 0.3) is 0 Å². The number of fused-ring (bicyclic) bond motifs is 6. The number of hydrogen-bond acceptors (Lipinski definition) is 4. The Kier molecular flexibility index (Phi) is 8.13. The van der Waals surface area contributed by atoms with Crippen LogP contribution in [0, 0.1) is 23.7 Å². The first-order valence-electron chi connectivity index (χ1n) is 23.4. The quantitative estimate of drug-likeness (QED) is 0.167. The van der Waals surface area contributed by atoms with Gasteiger partial charge < -0.3 is 4.42 Å². The zero-order chi connectivity index (χ0) is 42.6. The Labute approximate surface area is 378 Å². The van der Waals surface area contributed by atoms with Crippen LogP contribution in [0.15, 0.2) is 192 Å². The summed E-state index contributed by atoms with van der Waals surface area (Å²) in [6.45, 7) is 0. The van der Waals surface area contributed by atoms with Crippen molar-refractivity contribution in [1.82, 2.24) is 15.0 Å². The molecule has 0 saturated heterocycles. The Morgan fingerprint density at radius 1 is 0.354 bits per heavy atom. The van der Waals surface area contributed by atoms with Crippen molar-refractivity contribution in [2.45, 2.75) is 37.5 Å². The Morgan fingerprint density at radius 3 is 1.52 bits per heavy atom. The fourth-order valence-electron chi connectivity index (χ4n) is 13.2. The molecule has 10 aromatic rings. The summed E-state index contributed by atoms with van der Waals surface area (Å²) in [6.07, 6.45) is 6.63. The van der Waals surface area contributed by atoms with Crippen LogP contribution in [0.5, 0.6) is 0 Å². The van der Waals surface area contributed by atoms with Crippen LogP contribution in [0.3, 0.4) is 0 Å². The maximum atomic E-state index is 6.63. The van der Waals surface area contributed by atoms with E-state index in [4.69, 9.17) is 19.4 Å². The van der Waals surface area contributed by atoms with Crippen LogP contribution in [0.2, 0.25) is 0 Å². The summed E-state index contributed by atoms with van der Waals surface area (Å²) in [7, 11) is 0. The number of nitrogens with zero attached hydrogens (tertiary/aromatic N) is 3. The van der Waals surface area contributed by atoms with Crippen molar-refractivity contribution in [1.29, 1.82) is 0 Å². The molecule has 0 radical (unpaired) electrons. The maximum absolute atomic E-state index is 6.63. The smallest absolute Gasteiger partial charge is 0.164 e. The molecule has 8 aromatic carbocycles. The van der Waals surface area contributed by atoms with Gasteiger partial charge in [0.2, 0.25) is 0 Å². The van der Waals surface area contributed by atoms with Gasteiger partial charge in [-0.15, -0.1) is 0 Å². The zero-order valence-corrected chi connectivity index (χ0v) is 36.0. The molecule has 65 heavy (non-hydrogen) atoms. The molecule has 0 aliphatic heterocycles. The third kappa shape index (κ3) is 5.72. The van der Waals surface area contributed by atoms with E-state index in [0.717, 1.165) is 56.4 Å². The summed E-state index contributed by atoms with van der Waals surface area (Å²) in [5, 5.41) is 2.34. The van der Waals surface area contributed by atoms with Crippen LogP contribution < -0.4 is 0 Å². The molecule has 4 bridgehead atoms. The molecule has 2 heterocycles. The molecule has 5 aliphatic carbocycles. The molecule has 2 aromatic heterocycles. The Balaban J connectivity index is 0.906. The van der Waals surface area contributed by atoms with Gasteiger partial charge in [0.1, 0.15) is 11.2 Å². The molecule has 0 atom stereocenters. The van der Waals surface area contributed by atoms with Gasteiger partial charge in [-0.05, 0) is 130 Å². The fraction of sp³-hybridized carbons (Fsp3) is 0.164. The minimum Gasteiger partial charge on any atom is -0.455 e. The highest BCUT2D eigenvalue weighted by molar-refractivity contribution is 6.09. The topological polar surface area (TPSA) is 51.8 Å². The summed E-state index contributed by atoms with van der Waals surface area (Å²) in [4.78, 5) is 15.8. The minimum absolute atomic E-state index is 0.0611. The lowest BCUT2D eigenvalue weighted by atomic mass is 9.43. The Hall–Kier alpha value is -7.43. The second kappa shape index (κ2) is 14.3. The van der Waals surface area contributed by atoms with Gasteiger partial charge in [0.15, 0.2) is 17.5 Å². The molecule has 1 spiro atoms. The van der Waals surface area contributed by atoms with Crippen molar-refractivity contribution < 1.29 is 4.42 Å². The van der Waals surface area contributed by atoms with E-state index in [0.29, 0.717) is 29.3 Å². The maximum Gasteiger partial charge on any atom is 0.164 e. The van der Waals surface area contributed by atoms with E-state index in [1.54, 1.807) is 0 Å². The number of hydrogen-bond donors (Lipinski definition) is 0. The average Bonchev–Trinajstić information content (AvgIpc) is 3.89. The van der Waals surface area contributed by atoms with E-state index in [-0.39, 0.29) is 5.41 Å². The number of aromatic nitrogens is 3. The highest BCUT2D eigenvalue weighted by Gasteiger charge is 2.61. The standard InChI is InChI=1S/C61H45N3O/c1-3-11-39(12-4-1)40-21-23-41(24-22-40)43-15-9-16-45(34-43)59-62-58(42-13-5-2-6-14-42)63-60(64-59)46-26-28-51-50-27-25-44(49-18-10-19-53-52-17-7-8-20-56(52)65-57(49)53)35-54(50)61(55(51)36-46)47-30-37-29-38(32-47)33-48(61)31-37/h1-28,34-38,47-48H,29-33H2. The minimum atomic E-state index is -0.0611. The van der Waals surface area contributed by atoms with Crippen LogP contribution >= 0.6 is 0 Å². The average molecular weight is 836 g/mol. The first-order valence-corrected chi connectivity index (χ1v) is 23.4. The van der Waals surface area contributed by atoms with E-state index in [2.05, 4.69) is 182 Å². The molecule has 4 saturated carbocycles. The molecular weight excluding hydrogens is 791 g/mol. The Bertz CT molecular complexity index is 3470. The van der Waals surface area contributed by atoms with Gasteiger partial charge in [0, 0.05) is 38.4 Å². The van der Waals surface area contributed by atoms with Crippen molar-refractivity contribution in [2.75, 3.05) is 0 Å². The van der Waals surface area contributed by atoms with E-state index in [9.17, 15) is 0 Å². The van der Waals surface area contributed by atoms with Crippen LogP contribution in [0.4, 0.5) is 0 Å². The highest BCUT2D eigenvalue weighted by Crippen LogP contribution is 2.69. The first kappa shape index (κ1) is 37.0. The number of furan rings is 1. The lowest BCUT2D eigenvalue weighted by Crippen LogP contribution is -2.55. The predicted octanol–water partition coefficient (Wildman–Crippen LogP) is 15.5. The monoisotopic (exact) mass is 835 g/mol. The summed E-state index contributed by atoms with van der Waals surface area (Å²) >= 11 is 0. The lowest BCUT2D eigenvalue weighted by Gasteiger charge is -2.61. The van der Waals surface area contributed by atoms with E-state index in [1.807, 2.05) is 6.07 Å². The van der Waals surface area contributed by atoms with E-state index >= 15 is 0 Å². The van der Waals surface area contributed by atoms with Crippen molar-refractivity contribution in [3.05, 3.63) is 199 Å². The number of benzene rings is 8. The van der Waals surface area contributed by atoms with Crippen LogP contribution in [-0.4, -0.2) is 15.0 Å². The molecule has 0 N–H and O–H groups in total. The van der Waals surface area contributed by atoms with E-state index < -0.39 is 0 Å². The largest absolute Gasteiger partial charge is 0.455 e. The second-order valence-electron chi connectivity index (χ2n) is 19.2. The molecule has 0 amide bonds. The SMILES string of the molecule is c1ccc(-c2ccc(-c3cccc(-c4nc(-c5ccccc5)nc(-c5ccc6c(c5)C5(c7cc(-c8cccc9c8oc8ccccc89)ccc7-6)C6CC7CC(C6)CC5C7)n4)c3)cc2)cc1. The normalized spacial score (nSPS) is 21.3. The lowest BCUT2D eigenvalue weighted by molar-refractivity contribution is -0.0399. The summed E-state index contributed by atoms with van der Waals surface area (Å²) in [6, 6.07) is 67.9. The van der Waals surface area contributed by atoms with Crippen molar-refractivity contribution in [2.24, 2.45) is 23.7 Å². The third-order valence-electron chi connectivity index (χ3n) is 15.7. The van der Waals surface area contributed by atoms with Gasteiger partial charge in [0.05, 0.1) is 0 Å². The second-order valence-corrected chi connectivity index (χ2v) is 19.2. The molecule has 4 fully saturated rings. The predicted molar refractivity (Wildman–Crippen MR) is 263 cm³/mol. The van der Waals surface area contributed by atoms with Crippen LogP contribution in [0.1, 0.15) is 43.2 Å². The molecule has 310 valence electrons.